The van der Waals surface area contributed by atoms with Gasteiger partial charge in [-0.25, -0.2) is 22.9 Å². The highest BCUT2D eigenvalue weighted by molar-refractivity contribution is 7.91. The Morgan fingerprint density at radius 1 is 1.75 bits per heavy atom. The highest BCUT2D eigenvalue weighted by Gasteiger charge is 2.25. The van der Waals surface area contributed by atoms with Crippen molar-refractivity contribution < 1.29 is 17.9 Å². The number of ether oxygens (including phenoxy) is 1. The Bertz CT molecular complexity index is 492. The molecule has 0 aliphatic carbocycles. The summed E-state index contributed by atoms with van der Waals surface area (Å²) in [5, 5.41) is 0. The number of carbonyl (C=O) groups is 1. The summed E-state index contributed by atoms with van der Waals surface area (Å²) < 4.78 is 29.9. The van der Waals surface area contributed by atoms with Crippen molar-refractivity contribution in [3.05, 3.63) is 23.9 Å². The maximum absolute atomic E-state index is 11.7. The number of nitrogens with one attached hydrogen (secondary N) is 1. The summed E-state index contributed by atoms with van der Waals surface area (Å²) in [7, 11) is -2.57. The van der Waals surface area contributed by atoms with Crippen LogP contribution in [0.15, 0.2) is 22.4 Å². The first-order chi connectivity index (χ1) is 7.53. The Kier molecular flexibility index (Phi) is 4.16. The van der Waals surface area contributed by atoms with Crippen molar-refractivity contribution in [1.82, 2.24) is 9.71 Å². The largest absolute Gasteiger partial charge is 0.464 e. The van der Waals surface area contributed by atoms with E-state index in [4.69, 9.17) is 0 Å². The number of aromatic nitrogens is 1. The highest BCUT2D eigenvalue weighted by Crippen LogP contribution is 2.20. The highest BCUT2D eigenvalue weighted by atomic mass is 32.2. The Hall–Kier alpha value is -1.25. The van der Waals surface area contributed by atoms with Crippen LogP contribution in [0.3, 0.4) is 0 Å². The van der Waals surface area contributed by atoms with E-state index in [1.165, 1.54) is 11.6 Å². The molecular weight excluding hydrogens is 252 g/mol. The number of rotatable bonds is 5. The lowest BCUT2D eigenvalue weighted by Crippen LogP contribution is -2.24. The molecule has 1 heterocycles. The molecule has 0 spiro atoms. The van der Waals surface area contributed by atoms with Crippen molar-refractivity contribution >= 4 is 27.3 Å². The molecule has 1 aromatic heterocycles. The second kappa shape index (κ2) is 5.19. The van der Waals surface area contributed by atoms with E-state index < -0.39 is 16.0 Å². The van der Waals surface area contributed by atoms with E-state index in [1.807, 2.05) is 0 Å². The third-order valence-electron chi connectivity index (χ3n) is 1.58. The van der Waals surface area contributed by atoms with Crippen molar-refractivity contribution in [2.75, 3.05) is 13.7 Å². The molecule has 8 heteroatoms. The maximum atomic E-state index is 11.7. The lowest BCUT2D eigenvalue weighted by Gasteiger charge is -2.03. The van der Waals surface area contributed by atoms with Gasteiger partial charge in [-0.15, -0.1) is 17.9 Å². The van der Waals surface area contributed by atoms with Gasteiger partial charge in [-0.05, 0) is 0 Å². The molecule has 0 saturated carbocycles. The van der Waals surface area contributed by atoms with Crippen LogP contribution in [0.1, 0.15) is 10.5 Å². The summed E-state index contributed by atoms with van der Waals surface area (Å²) in [6.45, 7) is 3.47. The first kappa shape index (κ1) is 12.8. The van der Waals surface area contributed by atoms with Crippen LogP contribution < -0.4 is 4.72 Å². The van der Waals surface area contributed by atoms with E-state index >= 15 is 0 Å². The van der Waals surface area contributed by atoms with Crippen molar-refractivity contribution in [3.8, 4) is 0 Å². The number of nitrogens with zero attached hydrogens (tertiary/aromatic N) is 1. The Labute approximate surface area is 97.0 Å². The van der Waals surface area contributed by atoms with Gasteiger partial charge in [0.05, 0.1) is 12.6 Å². The quantitative estimate of drug-likeness (QED) is 0.613. The van der Waals surface area contributed by atoms with Crippen LogP contribution in [0.2, 0.25) is 0 Å². The molecule has 0 atom stereocenters. The van der Waals surface area contributed by atoms with Crippen molar-refractivity contribution in [3.63, 3.8) is 0 Å². The average molecular weight is 262 g/mol. The number of carbonyl (C=O) groups excluding carboxylic acids is 1. The number of hydrogen-bond donors (Lipinski definition) is 1. The van der Waals surface area contributed by atoms with Crippen LogP contribution in [0.5, 0.6) is 0 Å². The monoisotopic (exact) mass is 262 g/mol. The molecule has 0 saturated heterocycles. The molecule has 16 heavy (non-hydrogen) atoms. The second-order valence-corrected chi connectivity index (χ2v) is 5.44. The van der Waals surface area contributed by atoms with Gasteiger partial charge in [-0.3, -0.25) is 0 Å². The van der Waals surface area contributed by atoms with Gasteiger partial charge in [0.25, 0.3) is 10.0 Å². The molecule has 0 aliphatic rings. The zero-order chi connectivity index (χ0) is 12.2. The van der Waals surface area contributed by atoms with Crippen LogP contribution in [-0.4, -0.2) is 33.0 Å². The average Bonchev–Trinajstić information content (AvgIpc) is 2.75. The minimum absolute atomic E-state index is 0.0842. The van der Waals surface area contributed by atoms with Crippen molar-refractivity contribution in [2.45, 2.75) is 4.21 Å². The Balaban J connectivity index is 3.09. The molecule has 0 bridgehead atoms. The minimum Gasteiger partial charge on any atom is -0.464 e. The topological polar surface area (TPSA) is 85.4 Å². The molecule has 0 fully saturated rings. The number of methoxy groups -OCH3 is 1. The number of hydrogen-bond acceptors (Lipinski definition) is 6. The zero-order valence-corrected chi connectivity index (χ0v) is 10.1. The van der Waals surface area contributed by atoms with Gasteiger partial charge in [0.2, 0.25) is 0 Å². The van der Waals surface area contributed by atoms with Gasteiger partial charge in [-0.1, -0.05) is 6.08 Å². The normalized spacial score (nSPS) is 11.1. The van der Waals surface area contributed by atoms with Gasteiger partial charge in [0.15, 0.2) is 9.90 Å². The molecule has 1 aromatic rings. The van der Waals surface area contributed by atoms with E-state index in [-0.39, 0.29) is 16.4 Å². The van der Waals surface area contributed by atoms with E-state index in [9.17, 15) is 13.2 Å². The fraction of sp³-hybridized carbons (Fsp3) is 0.250. The van der Waals surface area contributed by atoms with Gasteiger partial charge in [0.1, 0.15) is 0 Å². The molecule has 1 rings (SSSR count). The fourth-order valence-electron chi connectivity index (χ4n) is 0.893. The van der Waals surface area contributed by atoms with Crippen LogP contribution in [0.25, 0.3) is 0 Å². The molecule has 0 amide bonds. The molecular formula is C8H10N2O4S2. The fourth-order valence-corrected chi connectivity index (χ4v) is 3.07. The van der Waals surface area contributed by atoms with E-state index in [0.717, 1.165) is 18.4 Å². The Morgan fingerprint density at radius 2 is 2.44 bits per heavy atom. The number of thiazole rings is 1. The second-order valence-electron chi connectivity index (χ2n) is 2.62. The SMILES string of the molecule is C=CCNS(=O)(=O)c1scnc1C(=O)OC. The molecule has 0 aromatic carbocycles. The van der Waals surface area contributed by atoms with Gasteiger partial charge >= 0.3 is 5.97 Å². The molecule has 1 N–H and O–H groups in total. The molecule has 6 nitrogen and oxygen atoms in total. The summed E-state index contributed by atoms with van der Waals surface area (Å²) in [5.74, 6) is -0.778. The summed E-state index contributed by atoms with van der Waals surface area (Å²) >= 11 is 0.854. The molecule has 0 unspecified atom stereocenters. The zero-order valence-electron chi connectivity index (χ0n) is 8.47. The summed E-state index contributed by atoms with van der Waals surface area (Å²) in [5.41, 5.74) is 1.07. The third-order valence-corrected chi connectivity index (χ3v) is 4.37. The van der Waals surface area contributed by atoms with Crippen LogP contribution >= 0.6 is 11.3 Å². The van der Waals surface area contributed by atoms with Gasteiger partial charge in [-0.2, -0.15) is 0 Å². The van der Waals surface area contributed by atoms with Gasteiger partial charge < -0.3 is 4.74 Å². The van der Waals surface area contributed by atoms with Crippen LogP contribution in [0.4, 0.5) is 0 Å². The summed E-state index contributed by atoms with van der Waals surface area (Å²) in [6.07, 6.45) is 1.40. The lowest BCUT2D eigenvalue weighted by atomic mass is 10.5. The van der Waals surface area contributed by atoms with Gasteiger partial charge in [0, 0.05) is 6.54 Å². The molecule has 0 radical (unpaired) electrons. The van der Waals surface area contributed by atoms with E-state index in [0.29, 0.717) is 0 Å². The standard InChI is InChI=1S/C8H10N2O4S2/c1-3-4-10-16(12,13)8-6(7(11)14-2)9-5-15-8/h3,5,10H,1,4H2,2H3. The minimum atomic E-state index is -3.73. The molecule has 88 valence electrons. The first-order valence-electron chi connectivity index (χ1n) is 4.15. The van der Waals surface area contributed by atoms with Crippen LogP contribution in [0, 0.1) is 0 Å². The predicted molar refractivity (Wildman–Crippen MR) is 58.8 cm³/mol. The van der Waals surface area contributed by atoms with E-state index in [1.54, 1.807) is 0 Å². The van der Waals surface area contributed by atoms with Crippen molar-refractivity contribution in [1.29, 1.82) is 0 Å². The van der Waals surface area contributed by atoms with E-state index in [2.05, 4.69) is 21.0 Å². The smallest absolute Gasteiger partial charge is 0.358 e. The number of esters is 1. The lowest BCUT2D eigenvalue weighted by molar-refractivity contribution is 0.0590. The Morgan fingerprint density at radius 3 is 3.00 bits per heavy atom. The summed E-state index contributed by atoms with van der Waals surface area (Å²) in [4.78, 5) is 14.9. The molecule has 0 aliphatic heterocycles. The van der Waals surface area contributed by atoms with Crippen molar-refractivity contribution in [2.24, 2.45) is 0 Å². The summed E-state index contributed by atoms with van der Waals surface area (Å²) in [6, 6.07) is 0. The maximum Gasteiger partial charge on any atom is 0.358 e. The van der Waals surface area contributed by atoms with Crippen LogP contribution in [-0.2, 0) is 14.8 Å². The number of sulfonamides is 1. The third kappa shape index (κ3) is 2.65. The predicted octanol–water partition coefficient (Wildman–Crippen LogP) is 0.394. The first-order valence-corrected chi connectivity index (χ1v) is 6.51.